The maximum atomic E-state index is 14.1. The summed E-state index contributed by atoms with van der Waals surface area (Å²) in [6.45, 7) is 14.0. The number of ether oxygens (including phenoxy) is 2. The molecule has 6 rings (SSSR count). The van der Waals surface area contributed by atoms with Crippen molar-refractivity contribution in [2.24, 2.45) is 40.4 Å². The summed E-state index contributed by atoms with van der Waals surface area (Å²) >= 11 is 0. The van der Waals surface area contributed by atoms with Gasteiger partial charge in [-0.3, -0.25) is 24.0 Å². The average molecular weight is 820 g/mol. The van der Waals surface area contributed by atoms with Crippen molar-refractivity contribution in [1.82, 2.24) is 26.6 Å². The van der Waals surface area contributed by atoms with Crippen molar-refractivity contribution in [3.05, 3.63) is 35.9 Å². The number of carbonyl (C=O) groups is 6. The van der Waals surface area contributed by atoms with Gasteiger partial charge in [0.2, 0.25) is 23.6 Å². The standard InChI is InChI=1S/C46H69N5O8/c1-44(2,3)59-43(57)51-34-20-12-17-29(34)39(53)50-36-24-45(4,5)22-31(36)40(54)47-33-19-11-16-28(33)38(52)49-37-25-46(6,7)23-32(37)41(55)48-35-21-13-18-30(35)42(56)58-26-27-14-9-8-10-15-27/h8-10,14-15,28-37H,11-13,16-26H2,1-7H3,(H,47,54)(H,48,55)(H,49,52)(H,50,53)(H,51,57)/t28-,29-,30-,31-,32-,33-,34-,35-,36-,37-/m0/s1. The van der Waals surface area contributed by atoms with Crippen LogP contribution in [-0.2, 0) is 40.1 Å². The first-order valence-electron chi connectivity index (χ1n) is 22.2. The lowest BCUT2D eigenvalue weighted by molar-refractivity contribution is -0.150. The minimum atomic E-state index is -0.649. The molecule has 1 aromatic carbocycles. The van der Waals surface area contributed by atoms with Crippen molar-refractivity contribution in [3.63, 3.8) is 0 Å². The highest BCUT2D eigenvalue weighted by molar-refractivity contribution is 5.87. The van der Waals surface area contributed by atoms with Crippen LogP contribution in [0.2, 0.25) is 0 Å². The number of amides is 5. The number of carbonyl (C=O) groups excluding carboxylic acids is 6. The lowest BCUT2D eigenvalue weighted by atomic mass is 9.90. The highest BCUT2D eigenvalue weighted by Gasteiger charge is 2.49. The number of rotatable bonds is 12. The molecule has 5 saturated carbocycles. The Hall–Kier alpha value is -4.16. The summed E-state index contributed by atoms with van der Waals surface area (Å²) in [5.74, 6) is -3.09. The normalized spacial score (nSPS) is 32.2. The zero-order chi connectivity index (χ0) is 42.7. The van der Waals surface area contributed by atoms with E-state index in [1.54, 1.807) is 20.8 Å². The van der Waals surface area contributed by atoms with Crippen LogP contribution < -0.4 is 26.6 Å². The topological polar surface area (TPSA) is 181 Å². The molecule has 0 aromatic heterocycles. The molecule has 5 N–H and O–H groups in total. The monoisotopic (exact) mass is 820 g/mol. The quantitative estimate of drug-likeness (QED) is 0.163. The Morgan fingerprint density at radius 1 is 0.542 bits per heavy atom. The maximum Gasteiger partial charge on any atom is 0.407 e. The molecule has 5 aliphatic rings. The molecule has 5 amide bonds. The SMILES string of the molecule is CC1(C)C[C@H](NC(=O)[C@H]2CCC[C@@H]2NC(=O)OC(C)(C)C)[C@@H](C(=O)N[C@H]2CCC[C@@H]2C(=O)N[C@H]2CC(C)(C)C[C@@H]2C(=O)N[C@H]2CCC[C@@H]2C(=O)OCc2ccccc2)C1. The van der Waals surface area contributed by atoms with Crippen LogP contribution in [-0.4, -0.2) is 71.5 Å². The van der Waals surface area contributed by atoms with Gasteiger partial charge in [0.15, 0.2) is 0 Å². The highest BCUT2D eigenvalue weighted by atomic mass is 16.6. The van der Waals surface area contributed by atoms with Crippen molar-refractivity contribution >= 4 is 35.7 Å². The highest BCUT2D eigenvalue weighted by Crippen LogP contribution is 2.44. The molecule has 326 valence electrons. The fraction of sp³-hybridized carbons (Fsp3) is 0.739. The zero-order valence-electron chi connectivity index (χ0n) is 36.3. The smallest absolute Gasteiger partial charge is 0.407 e. The van der Waals surface area contributed by atoms with Crippen LogP contribution in [0.5, 0.6) is 0 Å². The largest absolute Gasteiger partial charge is 0.461 e. The van der Waals surface area contributed by atoms with Crippen LogP contribution in [0.25, 0.3) is 0 Å². The fourth-order valence-corrected chi connectivity index (χ4v) is 10.7. The van der Waals surface area contributed by atoms with Gasteiger partial charge in [0, 0.05) is 30.2 Å². The van der Waals surface area contributed by atoms with E-state index in [2.05, 4.69) is 54.3 Å². The first kappa shape index (κ1) is 44.4. The molecule has 1 aromatic rings. The predicted octanol–water partition coefficient (Wildman–Crippen LogP) is 5.84. The Morgan fingerprint density at radius 3 is 1.42 bits per heavy atom. The Bertz CT molecular complexity index is 1710. The first-order valence-corrected chi connectivity index (χ1v) is 22.2. The number of alkyl carbamates (subject to hydrolysis) is 1. The van der Waals surface area contributed by atoms with Gasteiger partial charge in [0.1, 0.15) is 12.2 Å². The average Bonchev–Trinajstić information content (AvgIpc) is 3.99. The lowest BCUT2D eigenvalue weighted by Crippen LogP contribution is -2.53. The van der Waals surface area contributed by atoms with Gasteiger partial charge in [0.25, 0.3) is 0 Å². The van der Waals surface area contributed by atoms with Crippen LogP contribution in [0.15, 0.2) is 30.3 Å². The minimum absolute atomic E-state index is 0.147. The predicted molar refractivity (Wildman–Crippen MR) is 222 cm³/mol. The van der Waals surface area contributed by atoms with E-state index in [0.29, 0.717) is 64.2 Å². The third kappa shape index (κ3) is 11.6. The van der Waals surface area contributed by atoms with Gasteiger partial charge in [-0.05, 0) is 101 Å². The summed E-state index contributed by atoms with van der Waals surface area (Å²) in [4.78, 5) is 81.4. The van der Waals surface area contributed by atoms with E-state index < -0.39 is 41.3 Å². The molecule has 59 heavy (non-hydrogen) atoms. The van der Waals surface area contributed by atoms with Crippen molar-refractivity contribution in [3.8, 4) is 0 Å². The second kappa shape index (κ2) is 18.2. The van der Waals surface area contributed by atoms with E-state index in [1.807, 2.05) is 30.3 Å². The number of benzene rings is 1. The summed E-state index contributed by atoms with van der Waals surface area (Å²) < 4.78 is 11.1. The Kier molecular flexibility index (Phi) is 13.7. The summed E-state index contributed by atoms with van der Waals surface area (Å²) in [7, 11) is 0. The van der Waals surface area contributed by atoms with E-state index >= 15 is 0 Å². The van der Waals surface area contributed by atoms with Gasteiger partial charge in [0.05, 0.1) is 29.6 Å². The Morgan fingerprint density at radius 2 is 0.949 bits per heavy atom. The van der Waals surface area contributed by atoms with Crippen molar-refractivity contribution in [2.45, 2.75) is 174 Å². The molecule has 13 heteroatoms. The molecule has 0 saturated heterocycles. The molecule has 5 aliphatic carbocycles. The molecular formula is C46H69N5O8. The second-order valence-corrected chi connectivity index (χ2v) is 20.8. The van der Waals surface area contributed by atoms with E-state index in [1.165, 1.54) is 0 Å². The third-order valence-corrected chi connectivity index (χ3v) is 13.5. The summed E-state index contributed by atoms with van der Waals surface area (Å²) in [6, 6.07) is 7.78. The molecule has 0 spiro atoms. The fourth-order valence-electron chi connectivity index (χ4n) is 10.7. The summed E-state index contributed by atoms with van der Waals surface area (Å²) in [5.41, 5.74) is -0.0894. The van der Waals surface area contributed by atoms with Crippen LogP contribution in [0, 0.1) is 40.4 Å². The molecular weight excluding hydrogens is 751 g/mol. The van der Waals surface area contributed by atoms with Gasteiger partial charge in [-0.25, -0.2) is 4.79 Å². The van der Waals surface area contributed by atoms with Crippen LogP contribution in [0.3, 0.4) is 0 Å². The molecule has 13 nitrogen and oxygen atoms in total. The number of hydrogen-bond acceptors (Lipinski definition) is 8. The molecule has 0 radical (unpaired) electrons. The second-order valence-electron chi connectivity index (χ2n) is 20.8. The van der Waals surface area contributed by atoms with Gasteiger partial charge < -0.3 is 36.1 Å². The molecule has 0 bridgehead atoms. The van der Waals surface area contributed by atoms with E-state index in [4.69, 9.17) is 9.47 Å². The Balaban J connectivity index is 1.03. The number of hydrogen-bond donors (Lipinski definition) is 5. The molecule has 0 unspecified atom stereocenters. The first-order chi connectivity index (χ1) is 27.8. The minimum Gasteiger partial charge on any atom is -0.461 e. The third-order valence-electron chi connectivity index (χ3n) is 13.5. The van der Waals surface area contributed by atoms with E-state index in [0.717, 1.165) is 24.8 Å². The van der Waals surface area contributed by atoms with Crippen molar-refractivity contribution < 1.29 is 38.2 Å². The number of nitrogens with one attached hydrogen (secondary N) is 5. The van der Waals surface area contributed by atoms with Crippen molar-refractivity contribution in [1.29, 1.82) is 0 Å². The molecule has 10 atom stereocenters. The van der Waals surface area contributed by atoms with Gasteiger partial charge in [-0.2, -0.15) is 0 Å². The van der Waals surface area contributed by atoms with Gasteiger partial charge in [-0.1, -0.05) is 77.3 Å². The number of esters is 1. The van der Waals surface area contributed by atoms with Crippen LogP contribution >= 0.6 is 0 Å². The van der Waals surface area contributed by atoms with Crippen LogP contribution in [0.1, 0.15) is 138 Å². The van der Waals surface area contributed by atoms with E-state index in [-0.39, 0.29) is 77.2 Å². The summed E-state index contributed by atoms with van der Waals surface area (Å²) in [5, 5.41) is 15.8. The maximum absolute atomic E-state index is 14.1. The van der Waals surface area contributed by atoms with Crippen LogP contribution in [0.4, 0.5) is 4.79 Å². The lowest BCUT2D eigenvalue weighted by Gasteiger charge is -2.29. The van der Waals surface area contributed by atoms with Gasteiger partial charge >= 0.3 is 12.1 Å². The molecule has 0 aliphatic heterocycles. The van der Waals surface area contributed by atoms with Gasteiger partial charge in [-0.15, -0.1) is 0 Å². The molecule has 0 heterocycles. The Labute approximate surface area is 350 Å². The molecule has 5 fully saturated rings. The zero-order valence-corrected chi connectivity index (χ0v) is 36.3. The summed E-state index contributed by atoms with van der Waals surface area (Å²) in [6.07, 6.45) is 8.33. The van der Waals surface area contributed by atoms with Crippen molar-refractivity contribution in [2.75, 3.05) is 0 Å². The van der Waals surface area contributed by atoms with E-state index in [9.17, 15) is 28.8 Å².